The second-order valence-electron chi connectivity index (χ2n) is 4.09. The zero-order valence-electron chi connectivity index (χ0n) is 11.1. The predicted molar refractivity (Wildman–Crippen MR) is 71.7 cm³/mol. The van der Waals surface area contributed by atoms with Gasteiger partial charge in [0.2, 0.25) is 0 Å². The number of hydrogen-bond donors (Lipinski definition) is 1. The average molecular weight is 245 g/mol. The van der Waals surface area contributed by atoms with Crippen molar-refractivity contribution in [2.24, 2.45) is 0 Å². The maximum atomic E-state index is 4.50. The molecule has 0 aliphatic carbocycles. The summed E-state index contributed by atoms with van der Waals surface area (Å²) in [6.45, 7) is 4.84. The van der Waals surface area contributed by atoms with Crippen LogP contribution in [0.3, 0.4) is 0 Å². The second-order valence-corrected chi connectivity index (χ2v) is 4.09. The lowest BCUT2D eigenvalue weighted by atomic mass is 10.3. The average Bonchev–Trinajstić information content (AvgIpc) is 2.81. The summed E-state index contributed by atoms with van der Waals surface area (Å²) >= 11 is 0. The monoisotopic (exact) mass is 245 g/mol. The number of pyridine rings is 1. The fraction of sp³-hybridized carbons (Fsp3) is 0.462. The van der Waals surface area contributed by atoms with E-state index >= 15 is 0 Å². The van der Waals surface area contributed by atoms with Crippen LogP contribution in [0.2, 0.25) is 0 Å². The van der Waals surface area contributed by atoms with Gasteiger partial charge in [0.05, 0.1) is 12.2 Å². The third kappa shape index (κ3) is 2.67. The number of nitrogens with zero attached hydrogens (tertiary/aromatic N) is 4. The number of hydrogen-bond acceptors (Lipinski definition) is 4. The number of aromatic nitrogens is 4. The normalized spacial score (nSPS) is 10.6. The molecule has 0 unspecified atom stereocenters. The molecule has 0 aliphatic heterocycles. The van der Waals surface area contributed by atoms with Crippen molar-refractivity contribution >= 4 is 5.69 Å². The lowest BCUT2D eigenvalue weighted by Crippen LogP contribution is -2.08. The highest BCUT2D eigenvalue weighted by Gasteiger charge is 2.08. The summed E-state index contributed by atoms with van der Waals surface area (Å²) in [5.41, 5.74) is 2.05. The van der Waals surface area contributed by atoms with Gasteiger partial charge in [-0.3, -0.25) is 4.98 Å². The first kappa shape index (κ1) is 12.5. The van der Waals surface area contributed by atoms with Gasteiger partial charge in [-0.2, -0.15) is 5.10 Å². The Kier molecular flexibility index (Phi) is 3.92. The van der Waals surface area contributed by atoms with Crippen LogP contribution in [-0.4, -0.2) is 26.8 Å². The predicted octanol–water partition coefficient (Wildman–Crippen LogP) is 1.89. The SMILES string of the molecule is CCc1nc(CC)n(Cc2cc(NC)ccn2)n1. The van der Waals surface area contributed by atoms with Gasteiger partial charge in [-0.05, 0) is 12.1 Å². The lowest BCUT2D eigenvalue weighted by Gasteiger charge is -2.05. The summed E-state index contributed by atoms with van der Waals surface area (Å²) in [6, 6.07) is 3.98. The molecule has 2 rings (SSSR count). The highest BCUT2D eigenvalue weighted by Crippen LogP contribution is 2.09. The van der Waals surface area contributed by atoms with E-state index in [0.29, 0.717) is 6.54 Å². The van der Waals surface area contributed by atoms with Gasteiger partial charge >= 0.3 is 0 Å². The van der Waals surface area contributed by atoms with Crippen LogP contribution in [0.4, 0.5) is 5.69 Å². The first-order valence-corrected chi connectivity index (χ1v) is 6.32. The molecule has 0 saturated heterocycles. The standard InChI is InChI=1S/C13H19N5/c1-4-12-16-13(5-2)18(17-12)9-11-8-10(14-3)6-7-15-11/h6-8H,4-5,9H2,1-3H3,(H,14,15). The molecule has 2 aromatic heterocycles. The quantitative estimate of drug-likeness (QED) is 0.874. The Morgan fingerprint density at radius 1 is 1.28 bits per heavy atom. The molecule has 0 atom stereocenters. The molecule has 0 saturated carbocycles. The molecule has 0 aromatic carbocycles. The van der Waals surface area contributed by atoms with E-state index in [2.05, 4.69) is 34.2 Å². The summed E-state index contributed by atoms with van der Waals surface area (Å²) in [7, 11) is 1.90. The molecule has 5 heteroatoms. The van der Waals surface area contributed by atoms with Gasteiger partial charge in [0.15, 0.2) is 5.82 Å². The molecule has 0 spiro atoms. The summed E-state index contributed by atoms with van der Waals surface area (Å²) in [6.07, 6.45) is 3.56. The van der Waals surface area contributed by atoms with Crippen LogP contribution in [-0.2, 0) is 19.4 Å². The first-order valence-electron chi connectivity index (χ1n) is 6.32. The van der Waals surface area contributed by atoms with Gasteiger partial charge in [0.1, 0.15) is 5.82 Å². The van der Waals surface area contributed by atoms with Crippen LogP contribution in [0.25, 0.3) is 0 Å². The highest BCUT2D eigenvalue weighted by atomic mass is 15.3. The Morgan fingerprint density at radius 2 is 2.11 bits per heavy atom. The number of aryl methyl sites for hydroxylation is 2. The molecule has 96 valence electrons. The molecule has 2 aromatic rings. The van der Waals surface area contributed by atoms with Crippen LogP contribution in [0.5, 0.6) is 0 Å². The maximum absolute atomic E-state index is 4.50. The van der Waals surface area contributed by atoms with Crippen LogP contribution < -0.4 is 5.32 Å². The van der Waals surface area contributed by atoms with Crippen LogP contribution >= 0.6 is 0 Å². The second kappa shape index (κ2) is 5.62. The zero-order chi connectivity index (χ0) is 13.0. The minimum Gasteiger partial charge on any atom is -0.388 e. The third-order valence-electron chi connectivity index (χ3n) is 2.84. The molecule has 5 nitrogen and oxygen atoms in total. The zero-order valence-corrected chi connectivity index (χ0v) is 11.1. The van der Waals surface area contributed by atoms with Gasteiger partial charge in [-0.25, -0.2) is 9.67 Å². The Hall–Kier alpha value is -1.91. The van der Waals surface area contributed by atoms with Gasteiger partial charge in [-0.1, -0.05) is 13.8 Å². The van der Waals surface area contributed by atoms with Gasteiger partial charge in [0, 0.05) is 31.8 Å². The van der Waals surface area contributed by atoms with Crippen molar-refractivity contribution in [1.82, 2.24) is 19.7 Å². The van der Waals surface area contributed by atoms with E-state index < -0.39 is 0 Å². The number of rotatable bonds is 5. The van der Waals surface area contributed by atoms with Gasteiger partial charge in [0.25, 0.3) is 0 Å². The van der Waals surface area contributed by atoms with E-state index in [9.17, 15) is 0 Å². The largest absolute Gasteiger partial charge is 0.388 e. The molecule has 0 bridgehead atoms. The molecule has 0 radical (unpaired) electrons. The number of nitrogens with one attached hydrogen (secondary N) is 1. The van der Waals surface area contributed by atoms with E-state index in [1.807, 2.05) is 30.1 Å². The Bertz CT molecular complexity index is 518. The smallest absolute Gasteiger partial charge is 0.150 e. The van der Waals surface area contributed by atoms with Crippen molar-refractivity contribution in [3.8, 4) is 0 Å². The molecular formula is C13H19N5. The Balaban J connectivity index is 2.24. The third-order valence-corrected chi connectivity index (χ3v) is 2.84. The summed E-state index contributed by atoms with van der Waals surface area (Å²) in [5.74, 6) is 1.92. The minimum absolute atomic E-state index is 0.672. The molecule has 2 heterocycles. The van der Waals surface area contributed by atoms with E-state index in [0.717, 1.165) is 35.9 Å². The van der Waals surface area contributed by atoms with Crippen molar-refractivity contribution in [2.45, 2.75) is 33.2 Å². The summed E-state index contributed by atoms with van der Waals surface area (Å²) in [5, 5.41) is 7.61. The maximum Gasteiger partial charge on any atom is 0.150 e. The first-order chi connectivity index (χ1) is 8.76. The van der Waals surface area contributed by atoms with Crippen molar-refractivity contribution in [3.05, 3.63) is 35.7 Å². The highest BCUT2D eigenvalue weighted by molar-refractivity contribution is 5.42. The molecule has 18 heavy (non-hydrogen) atoms. The van der Waals surface area contributed by atoms with Crippen LogP contribution in [0, 0.1) is 0 Å². The van der Waals surface area contributed by atoms with E-state index in [1.165, 1.54) is 0 Å². The van der Waals surface area contributed by atoms with Gasteiger partial charge in [-0.15, -0.1) is 0 Å². The van der Waals surface area contributed by atoms with Crippen molar-refractivity contribution in [1.29, 1.82) is 0 Å². The fourth-order valence-electron chi connectivity index (χ4n) is 1.84. The topological polar surface area (TPSA) is 55.6 Å². The molecule has 0 aliphatic rings. The summed E-state index contributed by atoms with van der Waals surface area (Å²) in [4.78, 5) is 8.86. The number of anilines is 1. The van der Waals surface area contributed by atoms with Crippen LogP contribution in [0.15, 0.2) is 18.3 Å². The molecule has 0 fully saturated rings. The van der Waals surface area contributed by atoms with Crippen molar-refractivity contribution in [3.63, 3.8) is 0 Å². The van der Waals surface area contributed by atoms with Crippen LogP contribution in [0.1, 0.15) is 31.2 Å². The lowest BCUT2D eigenvalue weighted by molar-refractivity contribution is 0.627. The molecule has 1 N–H and O–H groups in total. The Labute approximate surface area is 107 Å². The molecular weight excluding hydrogens is 226 g/mol. The fourth-order valence-corrected chi connectivity index (χ4v) is 1.84. The van der Waals surface area contributed by atoms with E-state index in [4.69, 9.17) is 0 Å². The van der Waals surface area contributed by atoms with E-state index in [-0.39, 0.29) is 0 Å². The van der Waals surface area contributed by atoms with Crippen molar-refractivity contribution < 1.29 is 0 Å². The molecule has 0 amide bonds. The minimum atomic E-state index is 0.672. The van der Waals surface area contributed by atoms with E-state index in [1.54, 1.807) is 0 Å². The summed E-state index contributed by atoms with van der Waals surface area (Å²) < 4.78 is 1.95. The Morgan fingerprint density at radius 3 is 2.78 bits per heavy atom. The van der Waals surface area contributed by atoms with Crippen molar-refractivity contribution in [2.75, 3.05) is 12.4 Å². The van der Waals surface area contributed by atoms with Gasteiger partial charge < -0.3 is 5.32 Å².